The van der Waals surface area contributed by atoms with Crippen molar-refractivity contribution < 1.29 is 17.9 Å². The molecular weight excluding hydrogens is 374 g/mol. The number of sulfone groups is 1. The molecule has 1 aromatic carbocycles. The lowest BCUT2D eigenvalue weighted by molar-refractivity contribution is -0.133. The largest absolute Gasteiger partial charge is 0.490 e. The van der Waals surface area contributed by atoms with Crippen molar-refractivity contribution in [2.24, 2.45) is 0 Å². The maximum atomic E-state index is 12.9. The molecule has 1 amide bonds. The lowest BCUT2D eigenvalue weighted by atomic mass is 10.1. The Hall–Kier alpha value is -1.56. The van der Waals surface area contributed by atoms with E-state index < -0.39 is 9.84 Å². The Kier molecular flexibility index (Phi) is 7.38. The van der Waals surface area contributed by atoms with Crippen LogP contribution in [0.1, 0.15) is 63.9 Å². The zero-order chi connectivity index (χ0) is 20.0. The second kappa shape index (κ2) is 9.77. The smallest absolute Gasteiger partial charge is 0.223 e. The molecule has 1 saturated carbocycles. The number of carbonyl (C=O) groups excluding carboxylic acids is 1. The average molecular weight is 408 g/mol. The molecule has 0 radical (unpaired) electrons. The van der Waals surface area contributed by atoms with Gasteiger partial charge in [0.1, 0.15) is 5.75 Å². The van der Waals surface area contributed by atoms with Crippen molar-refractivity contribution in [1.29, 1.82) is 0 Å². The molecule has 0 N–H and O–H groups in total. The van der Waals surface area contributed by atoms with Crippen molar-refractivity contribution in [3.8, 4) is 5.75 Å². The zero-order valence-corrected chi connectivity index (χ0v) is 17.8. The zero-order valence-electron chi connectivity index (χ0n) is 16.9. The predicted molar refractivity (Wildman–Crippen MR) is 111 cm³/mol. The van der Waals surface area contributed by atoms with E-state index in [1.807, 2.05) is 29.2 Å². The van der Waals surface area contributed by atoms with Gasteiger partial charge in [0.25, 0.3) is 0 Å². The summed E-state index contributed by atoms with van der Waals surface area (Å²) in [6.07, 6.45) is 8.59. The third kappa shape index (κ3) is 5.97. The summed E-state index contributed by atoms with van der Waals surface area (Å²) >= 11 is 0. The minimum absolute atomic E-state index is 0.0673. The van der Waals surface area contributed by atoms with Crippen molar-refractivity contribution >= 4 is 15.7 Å². The number of nitrogens with zero attached hydrogens (tertiary/aromatic N) is 1. The Labute approximate surface area is 169 Å². The van der Waals surface area contributed by atoms with Crippen LogP contribution < -0.4 is 4.74 Å². The van der Waals surface area contributed by atoms with Gasteiger partial charge in [-0.25, -0.2) is 8.42 Å². The van der Waals surface area contributed by atoms with Crippen LogP contribution in [0.3, 0.4) is 0 Å². The van der Waals surface area contributed by atoms with Gasteiger partial charge in [0.2, 0.25) is 5.91 Å². The van der Waals surface area contributed by atoms with Crippen LogP contribution in [0.15, 0.2) is 24.3 Å². The van der Waals surface area contributed by atoms with Gasteiger partial charge >= 0.3 is 0 Å². The molecule has 1 aliphatic carbocycles. The Balaban J connectivity index is 1.57. The van der Waals surface area contributed by atoms with Crippen molar-refractivity contribution in [3.05, 3.63) is 29.8 Å². The number of rotatable bonds is 9. The first-order chi connectivity index (χ1) is 13.5. The molecule has 3 rings (SSSR count). The van der Waals surface area contributed by atoms with Crippen molar-refractivity contribution in [1.82, 2.24) is 4.90 Å². The number of ether oxygens (including phenoxy) is 1. The van der Waals surface area contributed by atoms with Gasteiger partial charge in [-0.2, -0.15) is 0 Å². The summed E-state index contributed by atoms with van der Waals surface area (Å²) in [5.74, 6) is 1.28. The average Bonchev–Trinajstić information content (AvgIpc) is 3.30. The summed E-state index contributed by atoms with van der Waals surface area (Å²) in [7, 11) is -2.99. The van der Waals surface area contributed by atoms with Gasteiger partial charge in [0, 0.05) is 19.0 Å². The van der Waals surface area contributed by atoms with Gasteiger partial charge in [-0.15, -0.1) is 0 Å². The summed E-state index contributed by atoms with van der Waals surface area (Å²) in [6, 6.07) is 7.90. The van der Waals surface area contributed by atoms with Gasteiger partial charge in [0.05, 0.1) is 17.6 Å². The third-order valence-corrected chi connectivity index (χ3v) is 7.60. The van der Waals surface area contributed by atoms with Crippen LogP contribution in [-0.4, -0.2) is 49.4 Å². The van der Waals surface area contributed by atoms with Gasteiger partial charge in [-0.3, -0.25) is 4.79 Å². The van der Waals surface area contributed by atoms with Crippen LogP contribution in [0.2, 0.25) is 0 Å². The highest BCUT2D eigenvalue weighted by Gasteiger charge is 2.34. The molecule has 1 unspecified atom stereocenters. The Morgan fingerprint density at radius 3 is 2.68 bits per heavy atom. The Morgan fingerprint density at radius 2 is 2.00 bits per heavy atom. The molecule has 1 aliphatic heterocycles. The highest BCUT2D eigenvalue weighted by atomic mass is 32.2. The minimum atomic E-state index is -2.99. The maximum absolute atomic E-state index is 12.9. The fraction of sp³-hybridized carbons (Fsp3) is 0.682. The monoisotopic (exact) mass is 407 g/mol. The molecule has 0 spiro atoms. The molecule has 1 saturated heterocycles. The molecule has 0 bridgehead atoms. The third-order valence-electron chi connectivity index (χ3n) is 5.85. The standard InChI is InChI=1S/C22H33NO4S/c1-2-3-14-23(19-13-15-28(25,26)17-19)22(24)12-11-18-7-6-10-21(16-18)27-20-8-4-5-9-20/h6-7,10,16,19-20H,2-5,8-9,11-15,17H2,1H3. The van der Waals surface area contributed by atoms with Crippen LogP contribution >= 0.6 is 0 Å². The molecule has 1 atom stereocenters. The molecule has 156 valence electrons. The fourth-order valence-corrected chi connectivity index (χ4v) is 5.96. The summed E-state index contributed by atoms with van der Waals surface area (Å²) < 4.78 is 29.8. The SMILES string of the molecule is CCCCN(C(=O)CCc1cccc(OC2CCCC2)c1)C1CCS(=O)(=O)C1. The predicted octanol–water partition coefficient (Wildman–Crippen LogP) is 3.76. The number of carbonyl (C=O) groups is 1. The van der Waals surface area contributed by atoms with E-state index in [9.17, 15) is 13.2 Å². The van der Waals surface area contributed by atoms with Gasteiger partial charge in [0.15, 0.2) is 9.84 Å². The van der Waals surface area contributed by atoms with Crippen LogP contribution in [0, 0.1) is 0 Å². The highest BCUT2D eigenvalue weighted by molar-refractivity contribution is 7.91. The van der Waals surface area contributed by atoms with Crippen molar-refractivity contribution in [3.63, 3.8) is 0 Å². The number of hydrogen-bond donors (Lipinski definition) is 0. The fourth-order valence-electron chi connectivity index (χ4n) is 4.23. The molecule has 5 nitrogen and oxygen atoms in total. The number of unbranched alkanes of at least 4 members (excludes halogenated alkanes) is 1. The number of amides is 1. The molecule has 6 heteroatoms. The van der Waals surface area contributed by atoms with Crippen molar-refractivity contribution in [2.75, 3.05) is 18.1 Å². The molecular formula is C22H33NO4S. The minimum Gasteiger partial charge on any atom is -0.490 e. The summed E-state index contributed by atoms with van der Waals surface area (Å²) in [5.41, 5.74) is 1.10. The first kappa shape index (κ1) is 21.2. The van der Waals surface area contributed by atoms with Gasteiger partial charge < -0.3 is 9.64 Å². The molecule has 1 aromatic rings. The second-order valence-corrected chi connectivity index (χ2v) is 10.4. The van der Waals surface area contributed by atoms with E-state index in [-0.39, 0.29) is 23.5 Å². The van der Waals surface area contributed by atoms with E-state index >= 15 is 0 Å². The lowest BCUT2D eigenvalue weighted by Gasteiger charge is -2.28. The molecule has 1 heterocycles. The number of hydrogen-bond acceptors (Lipinski definition) is 4. The topological polar surface area (TPSA) is 63.7 Å². The van der Waals surface area contributed by atoms with E-state index in [1.165, 1.54) is 12.8 Å². The van der Waals surface area contributed by atoms with E-state index in [4.69, 9.17) is 4.74 Å². The van der Waals surface area contributed by atoms with Crippen molar-refractivity contribution in [2.45, 2.75) is 76.9 Å². The lowest BCUT2D eigenvalue weighted by Crippen LogP contribution is -2.41. The van der Waals surface area contributed by atoms with Crippen LogP contribution in [0.25, 0.3) is 0 Å². The van der Waals surface area contributed by atoms with Crippen LogP contribution in [-0.2, 0) is 21.1 Å². The maximum Gasteiger partial charge on any atom is 0.223 e. The normalized spacial score (nSPS) is 21.7. The summed E-state index contributed by atoms with van der Waals surface area (Å²) in [6.45, 7) is 2.74. The van der Waals surface area contributed by atoms with E-state index in [0.717, 1.165) is 37.0 Å². The first-order valence-electron chi connectivity index (χ1n) is 10.7. The van der Waals surface area contributed by atoms with E-state index in [0.29, 0.717) is 31.9 Å². The summed E-state index contributed by atoms with van der Waals surface area (Å²) in [4.78, 5) is 14.7. The Bertz CT molecular complexity index is 756. The molecule has 2 aliphatic rings. The Morgan fingerprint density at radius 1 is 1.21 bits per heavy atom. The summed E-state index contributed by atoms with van der Waals surface area (Å²) in [5, 5.41) is 0. The van der Waals surface area contributed by atoms with E-state index in [2.05, 4.69) is 6.92 Å². The first-order valence-corrected chi connectivity index (χ1v) is 12.5. The van der Waals surface area contributed by atoms with Crippen LogP contribution in [0.5, 0.6) is 5.75 Å². The van der Waals surface area contributed by atoms with Gasteiger partial charge in [-0.05, 0) is 62.6 Å². The van der Waals surface area contributed by atoms with E-state index in [1.54, 1.807) is 0 Å². The highest BCUT2D eigenvalue weighted by Crippen LogP contribution is 2.25. The van der Waals surface area contributed by atoms with Gasteiger partial charge in [-0.1, -0.05) is 25.5 Å². The molecule has 28 heavy (non-hydrogen) atoms. The molecule has 0 aromatic heterocycles. The number of benzene rings is 1. The molecule has 2 fully saturated rings. The quantitative estimate of drug-likeness (QED) is 0.625. The number of aryl methyl sites for hydroxylation is 1. The second-order valence-electron chi connectivity index (χ2n) is 8.17. The van der Waals surface area contributed by atoms with Crippen LogP contribution in [0.4, 0.5) is 0 Å².